The molecule has 2 aromatic heterocycles. The van der Waals surface area contributed by atoms with E-state index in [1.165, 1.54) is 12.1 Å². The summed E-state index contributed by atoms with van der Waals surface area (Å²) in [5.74, 6) is 0.939. The van der Waals surface area contributed by atoms with Crippen molar-refractivity contribution in [1.29, 1.82) is 0 Å². The number of pyridine rings is 1. The standard InChI is InChI=1S/C19H18F3N3O/c1-12(2)15-4-3-11-25-16(15)23-24-17(25)18(9-10-18)13-5-7-14(8-6-13)26-19(20,21)22/h3-8,11-12H,9-10H2,1-2H3. The maximum absolute atomic E-state index is 12.3. The molecule has 1 aliphatic carbocycles. The van der Waals surface area contributed by atoms with Crippen LogP contribution in [0.1, 0.15) is 49.6 Å². The second kappa shape index (κ2) is 5.72. The van der Waals surface area contributed by atoms with Crippen molar-refractivity contribution in [1.82, 2.24) is 14.6 Å². The Bertz CT molecular complexity index is 941. The van der Waals surface area contributed by atoms with Gasteiger partial charge in [0, 0.05) is 6.20 Å². The zero-order valence-electron chi connectivity index (χ0n) is 14.4. The number of fused-ring (bicyclic) bond motifs is 1. The Labute approximate surface area is 148 Å². The largest absolute Gasteiger partial charge is 0.573 e. The van der Waals surface area contributed by atoms with E-state index in [4.69, 9.17) is 0 Å². The molecule has 0 bridgehead atoms. The fraction of sp³-hybridized carbons (Fsp3) is 0.368. The van der Waals surface area contributed by atoms with Gasteiger partial charge in [0.1, 0.15) is 11.6 Å². The van der Waals surface area contributed by atoms with Gasteiger partial charge in [-0.15, -0.1) is 23.4 Å². The minimum Gasteiger partial charge on any atom is -0.406 e. The molecule has 0 N–H and O–H groups in total. The van der Waals surface area contributed by atoms with Crippen molar-refractivity contribution in [3.8, 4) is 5.75 Å². The van der Waals surface area contributed by atoms with Gasteiger partial charge in [-0.2, -0.15) is 0 Å². The van der Waals surface area contributed by atoms with Gasteiger partial charge in [-0.1, -0.05) is 32.0 Å². The van der Waals surface area contributed by atoms with E-state index >= 15 is 0 Å². The van der Waals surface area contributed by atoms with Crippen LogP contribution in [0.3, 0.4) is 0 Å². The van der Waals surface area contributed by atoms with Crippen molar-refractivity contribution in [3.05, 3.63) is 59.5 Å². The zero-order chi connectivity index (χ0) is 18.5. The molecule has 2 heterocycles. The first kappa shape index (κ1) is 16.9. The molecule has 1 saturated carbocycles. The lowest BCUT2D eigenvalue weighted by atomic mass is 9.95. The van der Waals surface area contributed by atoms with E-state index in [9.17, 15) is 13.2 Å². The number of hydrogen-bond acceptors (Lipinski definition) is 3. The minimum atomic E-state index is -4.69. The van der Waals surface area contributed by atoms with Crippen LogP contribution in [0.4, 0.5) is 13.2 Å². The molecule has 4 nitrogen and oxygen atoms in total. The molecule has 136 valence electrons. The first-order valence-corrected chi connectivity index (χ1v) is 8.51. The van der Waals surface area contributed by atoms with Crippen molar-refractivity contribution in [2.24, 2.45) is 0 Å². The number of rotatable bonds is 4. The van der Waals surface area contributed by atoms with E-state index in [-0.39, 0.29) is 11.2 Å². The summed E-state index contributed by atoms with van der Waals surface area (Å²) in [7, 11) is 0. The molecular formula is C19H18F3N3O. The van der Waals surface area contributed by atoms with Crippen molar-refractivity contribution < 1.29 is 17.9 Å². The molecule has 0 spiro atoms. The first-order chi connectivity index (χ1) is 12.3. The Morgan fingerprint density at radius 2 is 1.77 bits per heavy atom. The molecule has 0 unspecified atom stereocenters. The van der Waals surface area contributed by atoms with Crippen LogP contribution in [0.15, 0.2) is 42.6 Å². The maximum atomic E-state index is 12.3. The summed E-state index contributed by atoms with van der Waals surface area (Å²) >= 11 is 0. The summed E-state index contributed by atoms with van der Waals surface area (Å²) in [5, 5.41) is 8.81. The molecule has 7 heteroatoms. The monoisotopic (exact) mass is 361 g/mol. The topological polar surface area (TPSA) is 39.4 Å². The molecule has 1 aliphatic rings. The third kappa shape index (κ3) is 2.81. The molecule has 0 radical (unpaired) electrons. The van der Waals surface area contributed by atoms with Crippen molar-refractivity contribution in [2.75, 3.05) is 0 Å². The Kier molecular flexibility index (Phi) is 3.71. The maximum Gasteiger partial charge on any atom is 0.573 e. The SMILES string of the molecule is CC(C)c1cccn2c(C3(c4ccc(OC(F)(F)F)cc4)CC3)nnc12. The van der Waals surface area contributed by atoms with Crippen LogP contribution in [0, 0.1) is 0 Å². The Morgan fingerprint density at radius 3 is 2.35 bits per heavy atom. The normalized spacial score (nSPS) is 16.2. The predicted molar refractivity (Wildman–Crippen MR) is 90.2 cm³/mol. The molecular weight excluding hydrogens is 343 g/mol. The molecule has 1 aromatic carbocycles. The second-order valence-electron chi connectivity index (χ2n) is 6.99. The quantitative estimate of drug-likeness (QED) is 0.668. The van der Waals surface area contributed by atoms with Crippen LogP contribution < -0.4 is 4.74 Å². The summed E-state index contributed by atoms with van der Waals surface area (Å²) in [6, 6.07) is 10.1. The summed E-state index contributed by atoms with van der Waals surface area (Å²) in [5.41, 5.74) is 2.58. The number of benzene rings is 1. The highest BCUT2D eigenvalue weighted by atomic mass is 19.4. The summed E-state index contributed by atoms with van der Waals surface area (Å²) < 4.78 is 43.0. The van der Waals surface area contributed by atoms with E-state index in [1.807, 2.05) is 22.7 Å². The fourth-order valence-electron chi connectivity index (χ4n) is 3.46. The zero-order valence-corrected chi connectivity index (χ0v) is 14.4. The van der Waals surface area contributed by atoms with Crippen LogP contribution in [0.5, 0.6) is 5.75 Å². The average molecular weight is 361 g/mol. The number of nitrogens with zero attached hydrogens (tertiary/aromatic N) is 3. The molecule has 4 rings (SSSR count). The molecule has 3 aromatic rings. The van der Waals surface area contributed by atoms with Gasteiger partial charge in [0.2, 0.25) is 0 Å². The highest BCUT2D eigenvalue weighted by Gasteiger charge is 2.49. The van der Waals surface area contributed by atoms with Gasteiger partial charge in [-0.3, -0.25) is 4.40 Å². The van der Waals surface area contributed by atoms with E-state index in [2.05, 4.69) is 28.8 Å². The second-order valence-corrected chi connectivity index (χ2v) is 6.99. The molecule has 0 amide bonds. The van der Waals surface area contributed by atoms with Gasteiger partial charge < -0.3 is 4.74 Å². The lowest BCUT2D eigenvalue weighted by Gasteiger charge is -2.16. The fourth-order valence-corrected chi connectivity index (χ4v) is 3.46. The van der Waals surface area contributed by atoms with Gasteiger partial charge in [0.25, 0.3) is 0 Å². The van der Waals surface area contributed by atoms with Crippen molar-refractivity contribution >= 4 is 5.65 Å². The smallest absolute Gasteiger partial charge is 0.406 e. The minimum absolute atomic E-state index is 0.217. The van der Waals surface area contributed by atoms with Crippen LogP contribution in [0.2, 0.25) is 0 Å². The lowest BCUT2D eigenvalue weighted by Crippen LogP contribution is -2.17. The van der Waals surface area contributed by atoms with Crippen LogP contribution in [0.25, 0.3) is 5.65 Å². The van der Waals surface area contributed by atoms with Gasteiger partial charge in [0.15, 0.2) is 5.65 Å². The molecule has 0 atom stereocenters. The number of alkyl halides is 3. The number of aromatic nitrogens is 3. The summed E-state index contributed by atoms with van der Waals surface area (Å²) in [4.78, 5) is 0. The summed E-state index contributed by atoms with van der Waals surface area (Å²) in [6.07, 6.45) is -0.967. The van der Waals surface area contributed by atoms with Crippen LogP contribution >= 0.6 is 0 Å². The lowest BCUT2D eigenvalue weighted by molar-refractivity contribution is -0.274. The van der Waals surface area contributed by atoms with Gasteiger partial charge >= 0.3 is 6.36 Å². The highest BCUT2D eigenvalue weighted by molar-refractivity contribution is 5.52. The van der Waals surface area contributed by atoms with Gasteiger partial charge in [-0.05, 0) is 48.1 Å². The Morgan fingerprint density at radius 1 is 1.08 bits per heavy atom. The van der Waals surface area contributed by atoms with Crippen molar-refractivity contribution in [3.63, 3.8) is 0 Å². The van der Waals surface area contributed by atoms with Crippen LogP contribution in [-0.2, 0) is 5.41 Å². The van der Waals surface area contributed by atoms with Crippen LogP contribution in [-0.4, -0.2) is 21.0 Å². The third-order valence-electron chi connectivity index (χ3n) is 4.91. The van der Waals surface area contributed by atoms with E-state index in [1.54, 1.807) is 12.1 Å². The molecule has 0 aliphatic heterocycles. The number of hydrogen-bond donors (Lipinski definition) is 0. The third-order valence-corrected chi connectivity index (χ3v) is 4.91. The average Bonchev–Trinajstić information content (AvgIpc) is 3.26. The molecule has 26 heavy (non-hydrogen) atoms. The molecule has 0 saturated heterocycles. The highest BCUT2D eigenvalue weighted by Crippen LogP contribution is 2.53. The van der Waals surface area contributed by atoms with Crippen molar-refractivity contribution in [2.45, 2.75) is 44.4 Å². The van der Waals surface area contributed by atoms with E-state index in [0.717, 1.165) is 35.4 Å². The Hall–Kier alpha value is -2.57. The predicted octanol–water partition coefficient (Wildman–Crippen LogP) is 4.83. The van der Waals surface area contributed by atoms with E-state index < -0.39 is 6.36 Å². The number of halogens is 3. The van der Waals surface area contributed by atoms with Gasteiger partial charge in [-0.25, -0.2) is 0 Å². The Balaban J connectivity index is 1.72. The molecule has 1 fully saturated rings. The number of ether oxygens (including phenoxy) is 1. The summed E-state index contributed by atoms with van der Waals surface area (Å²) in [6.45, 7) is 4.21. The first-order valence-electron chi connectivity index (χ1n) is 8.51. The van der Waals surface area contributed by atoms with Gasteiger partial charge in [0.05, 0.1) is 5.41 Å². The van der Waals surface area contributed by atoms with E-state index in [0.29, 0.717) is 5.92 Å².